The maximum atomic E-state index is 11.9. The van der Waals surface area contributed by atoms with Crippen molar-refractivity contribution in [3.63, 3.8) is 0 Å². The molecule has 1 fully saturated rings. The Balaban J connectivity index is 1.03. The number of aliphatic hydroxyl groups is 3. The molecule has 1 aliphatic rings. The Kier molecular flexibility index (Phi) is 10.3. The summed E-state index contributed by atoms with van der Waals surface area (Å²) >= 11 is 0. The average Bonchev–Trinajstić information content (AvgIpc) is 3.63. The van der Waals surface area contributed by atoms with Crippen LogP contribution in [0.25, 0.3) is 22.3 Å². The number of rotatable bonds is 13. The molecule has 48 heavy (non-hydrogen) atoms. The molecule has 250 valence electrons. The van der Waals surface area contributed by atoms with Gasteiger partial charge in [-0.25, -0.2) is 19.7 Å². The van der Waals surface area contributed by atoms with Crippen LogP contribution in [0.5, 0.6) is 5.75 Å². The molecule has 0 radical (unpaired) electrons. The number of benzene rings is 3. The topological polar surface area (TPSA) is 199 Å². The molecule has 0 spiro atoms. The molecule has 3 aromatic carbocycles. The van der Waals surface area contributed by atoms with E-state index in [1.807, 2.05) is 78.9 Å². The summed E-state index contributed by atoms with van der Waals surface area (Å²) in [6, 6.07) is 25.2. The molecule has 1 aliphatic heterocycles. The first kappa shape index (κ1) is 32.7. The summed E-state index contributed by atoms with van der Waals surface area (Å²) in [5, 5.41) is 36.7. The maximum absolute atomic E-state index is 11.9. The van der Waals surface area contributed by atoms with Crippen molar-refractivity contribution in [2.24, 2.45) is 0 Å². The smallest absolute Gasteiger partial charge is 0.407 e. The summed E-state index contributed by atoms with van der Waals surface area (Å²) in [5.41, 5.74) is 10.5. The molecule has 0 aliphatic carbocycles. The van der Waals surface area contributed by atoms with Crippen molar-refractivity contribution in [2.75, 3.05) is 30.8 Å². The van der Waals surface area contributed by atoms with Gasteiger partial charge in [0.2, 0.25) is 5.95 Å². The largest absolute Gasteiger partial charge is 0.494 e. The van der Waals surface area contributed by atoms with Crippen LogP contribution < -0.4 is 21.1 Å². The summed E-state index contributed by atoms with van der Waals surface area (Å²) < 4.78 is 18.4. The Morgan fingerprint density at radius 2 is 1.75 bits per heavy atom. The van der Waals surface area contributed by atoms with Gasteiger partial charge in [-0.3, -0.25) is 4.57 Å². The van der Waals surface area contributed by atoms with Crippen LogP contribution in [-0.4, -0.2) is 79.0 Å². The van der Waals surface area contributed by atoms with E-state index < -0.39 is 37.2 Å². The second kappa shape index (κ2) is 15.1. The number of fused-ring (bicyclic) bond motifs is 1. The fourth-order valence-corrected chi connectivity index (χ4v) is 5.40. The molecule has 3 heterocycles. The predicted molar refractivity (Wildman–Crippen MR) is 177 cm³/mol. The van der Waals surface area contributed by atoms with Gasteiger partial charge in [-0.05, 0) is 46.9 Å². The van der Waals surface area contributed by atoms with Gasteiger partial charge in [0.1, 0.15) is 37.0 Å². The zero-order chi connectivity index (χ0) is 33.5. The SMILES string of the molecule is Nc1ncnc2c1nc(NCc1cccc(-c3ccc(OCCCNC(=O)OCc4ccccc4)cc3)c1)n2[C@@H]1O[C@H](CO)[C@@H](O)[C@H]1O. The van der Waals surface area contributed by atoms with Crippen molar-refractivity contribution in [3.8, 4) is 16.9 Å². The van der Waals surface area contributed by atoms with Gasteiger partial charge in [-0.2, -0.15) is 0 Å². The number of nitrogens with one attached hydrogen (secondary N) is 2. The van der Waals surface area contributed by atoms with Crippen LogP contribution >= 0.6 is 0 Å². The van der Waals surface area contributed by atoms with E-state index in [0.717, 1.165) is 28.0 Å². The van der Waals surface area contributed by atoms with E-state index in [0.29, 0.717) is 43.2 Å². The Hall–Kier alpha value is -5.28. The minimum absolute atomic E-state index is 0.152. The Morgan fingerprint density at radius 1 is 0.958 bits per heavy atom. The molecule has 2 aromatic heterocycles. The Morgan fingerprint density at radius 3 is 2.52 bits per heavy atom. The first-order valence-corrected chi connectivity index (χ1v) is 15.5. The third kappa shape index (κ3) is 7.47. The van der Waals surface area contributed by atoms with E-state index in [1.54, 1.807) is 0 Å². The lowest BCUT2D eigenvalue weighted by Crippen LogP contribution is -2.33. The molecule has 1 amide bonds. The molecule has 7 N–H and O–H groups in total. The lowest BCUT2D eigenvalue weighted by Gasteiger charge is -2.19. The van der Waals surface area contributed by atoms with Crippen molar-refractivity contribution < 1.29 is 34.3 Å². The van der Waals surface area contributed by atoms with Gasteiger partial charge in [0, 0.05) is 13.1 Å². The van der Waals surface area contributed by atoms with Crippen molar-refractivity contribution in [3.05, 3.63) is 96.3 Å². The Bertz CT molecular complexity index is 1820. The molecular weight excluding hydrogens is 618 g/mol. The second-order valence-electron chi connectivity index (χ2n) is 11.2. The highest BCUT2D eigenvalue weighted by Gasteiger charge is 2.45. The van der Waals surface area contributed by atoms with Gasteiger partial charge in [0.25, 0.3) is 0 Å². The van der Waals surface area contributed by atoms with Gasteiger partial charge >= 0.3 is 6.09 Å². The fourth-order valence-electron chi connectivity index (χ4n) is 5.40. The number of nitrogens with two attached hydrogens (primary N) is 1. The number of amides is 1. The van der Waals surface area contributed by atoms with E-state index in [9.17, 15) is 20.1 Å². The van der Waals surface area contributed by atoms with E-state index in [-0.39, 0.29) is 12.4 Å². The number of aliphatic hydroxyl groups excluding tert-OH is 3. The lowest BCUT2D eigenvalue weighted by atomic mass is 10.0. The molecule has 14 nitrogen and oxygen atoms in total. The summed E-state index contributed by atoms with van der Waals surface area (Å²) in [4.78, 5) is 24.8. The number of alkyl carbamates (subject to hydrolysis) is 1. The van der Waals surface area contributed by atoms with Crippen LogP contribution in [0.2, 0.25) is 0 Å². The quantitative estimate of drug-likeness (QED) is 0.102. The molecule has 14 heteroatoms. The predicted octanol–water partition coefficient (Wildman–Crippen LogP) is 2.99. The van der Waals surface area contributed by atoms with Crippen molar-refractivity contribution in [1.82, 2.24) is 24.8 Å². The van der Waals surface area contributed by atoms with Crippen molar-refractivity contribution >= 4 is 29.0 Å². The zero-order valence-corrected chi connectivity index (χ0v) is 26.0. The molecule has 4 atom stereocenters. The summed E-state index contributed by atoms with van der Waals surface area (Å²) in [5.74, 6) is 1.17. The number of anilines is 2. The molecule has 0 bridgehead atoms. The Labute approximate surface area is 276 Å². The minimum Gasteiger partial charge on any atom is -0.494 e. The van der Waals surface area contributed by atoms with Gasteiger partial charge in [0.15, 0.2) is 23.2 Å². The molecule has 5 aromatic rings. The van der Waals surface area contributed by atoms with Gasteiger partial charge < -0.3 is 45.9 Å². The number of imidazole rings is 1. The van der Waals surface area contributed by atoms with Crippen LogP contribution in [0.4, 0.5) is 16.6 Å². The molecular formula is C34H37N7O7. The number of hydrogen-bond acceptors (Lipinski definition) is 12. The number of aromatic nitrogens is 4. The van der Waals surface area contributed by atoms with Gasteiger partial charge in [-0.1, -0.05) is 60.7 Å². The molecule has 0 saturated carbocycles. The highest BCUT2D eigenvalue weighted by molar-refractivity contribution is 5.84. The van der Waals surface area contributed by atoms with E-state index in [1.165, 1.54) is 10.9 Å². The highest BCUT2D eigenvalue weighted by Crippen LogP contribution is 2.35. The number of carbonyl (C=O) groups is 1. The van der Waals surface area contributed by atoms with E-state index in [2.05, 4.69) is 25.6 Å². The standard InChI is InChI=1S/C34H37N7O7/c35-30-27-31(39-20-38-30)41(32-29(44)28(43)26(18-42)48-32)33(40-27)37-17-22-8-4-9-24(16-22)23-10-12-25(13-11-23)46-15-5-14-36-34(45)47-19-21-6-2-1-3-7-21/h1-4,6-13,16,20,26,28-29,32,42-44H,5,14-15,17-19H2,(H,36,45)(H,37,40)(H2,35,38,39)/t26-,28-,29-,32-/m1/s1. The van der Waals surface area contributed by atoms with Crippen molar-refractivity contribution in [2.45, 2.75) is 44.1 Å². The average molecular weight is 656 g/mol. The second-order valence-corrected chi connectivity index (χ2v) is 11.2. The van der Waals surface area contributed by atoms with Crippen LogP contribution in [-0.2, 0) is 22.6 Å². The molecule has 6 rings (SSSR count). The summed E-state index contributed by atoms with van der Waals surface area (Å²) in [6.07, 6.45) is -3.22. The lowest BCUT2D eigenvalue weighted by molar-refractivity contribution is -0.0501. The number of nitrogens with zero attached hydrogens (tertiary/aromatic N) is 4. The van der Waals surface area contributed by atoms with Crippen LogP contribution in [0.15, 0.2) is 85.2 Å². The van der Waals surface area contributed by atoms with Crippen LogP contribution in [0.1, 0.15) is 23.8 Å². The van der Waals surface area contributed by atoms with Crippen LogP contribution in [0.3, 0.4) is 0 Å². The van der Waals surface area contributed by atoms with E-state index in [4.69, 9.17) is 19.9 Å². The first-order valence-electron chi connectivity index (χ1n) is 15.5. The number of carbonyl (C=O) groups excluding carboxylic acids is 1. The van der Waals surface area contributed by atoms with E-state index >= 15 is 0 Å². The number of hydrogen-bond donors (Lipinski definition) is 6. The number of nitrogen functional groups attached to an aromatic ring is 1. The van der Waals surface area contributed by atoms with Crippen molar-refractivity contribution in [1.29, 1.82) is 0 Å². The fraction of sp³-hybridized carbons (Fsp3) is 0.294. The zero-order valence-electron chi connectivity index (χ0n) is 26.0. The summed E-state index contributed by atoms with van der Waals surface area (Å²) in [6.45, 7) is 0.982. The highest BCUT2D eigenvalue weighted by atomic mass is 16.6. The third-order valence-corrected chi connectivity index (χ3v) is 7.91. The van der Waals surface area contributed by atoms with Crippen LogP contribution in [0, 0.1) is 0 Å². The van der Waals surface area contributed by atoms with Gasteiger partial charge in [0.05, 0.1) is 13.2 Å². The monoisotopic (exact) mass is 655 g/mol. The maximum Gasteiger partial charge on any atom is 0.407 e. The number of ether oxygens (including phenoxy) is 3. The minimum atomic E-state index is -1.34. The molecule has 1 saturated heterocycles. The first-order chi connectivity index (χ1) is 23.4. The van der Waals surface area contributed by atoms with Gasteiger partial charge in [-0.15, -0.1) is 0 Å². The normalized spacial score (nSPS) is 18.9. The third-order valence-electron chi connectivity index (χ3n) is 7.91. The molecule has 0 unspecified atom stereocenters. The summed E-state index contributed by atoms with van der Waals surface area (Å²) in [7, 11) is 0.